The van der Waals surface area contributed by atoms with Gasteiger partial charge in [0, 0.05) is 31.5 Å². The van der Waals surface area contributed by atoms with Crippen LogP contribution in [-0.2, 0) is 23.8 Å². The summed E-state index contributed by atoms with van der Waals surface area (Å²) in [5.74, 6) is -40.8. The molecule has 1 saturated heterocycles. The lowest BCUT2D eigenvalue weighted by Crippen LogP contribution is -2.71. The number of unbranched alkanes of at least 4 members (excludes halogenated alkanes) is 5. The minimum absolute atomic E-state index is 0.0183. The van der Waals surface area contributed by atoms with Gasteiger partial charge in [-0.05, 0) is 124 Å². The second kappa shape index (κ2) is 22.3. The first kappa shape index (κ1) is 59.5. The van der Waals surface area contributed by atoms with E-state index < -0.39 is 97.0 Å². The molecule has 0 bridgehead atoms. The molecule has 420 valence electrons. The van der Waals surface area contributed by atoms with E-state index in [1.807, 2.05) is 0 Å². The summed E-state index contributed by atoms with van der Waals surface area (Å²) in [6, 6.07) is 0.643. The highest BCUT2D eigenvalue weighted by atomic mass is 19.4. The molecule has 3 saturated carbocycles. The van der Waals surface area contributed by atoms with Gasteiger partial charge in [-0.25, -0.2) is 4.79 Å². The van der Waals surface area contributed by atoms with E-state index in [9.17, 15) is 82.1 Å². The van der Waals surface area contributed by atoms with Gasteiger partial charge in [0.1, 0.15) is 36.8 Å². The molecule has 2 heterocycles. The number of rotatable bonds is 24. The lowest BCUT2D eigenvalue weighted by Gasteiger charge is -2.58. The van der Waals surface area contributed by atoms with Gasteiger partial charge < -0.3 is 29.2 Å². The molecule has 74 heavy (non-hydrogen) atoms. The van der Waals surface area contributed by atoms with Gasteiger partial charge in [-0.2, -0.15) is 52.7 Å². The molecular formula is C51H68F12N2O9. The number of halogens is 12. The third-order valence-corrected chi connectivity index (χ3v) is 17.3. The number of aliphatic hydroxyl groups excluding tert-OH is 2. The number of aliphatic hydroxyl groups is 2. The van der Waals surface area contributed by atoms with Crippen LogP contribution in [0.3, 0.4) is 0 Å². The van der Waals surface area contributed by atoms with Gasteiger partial charge in [-0.3, -0.25) is 19.1 Å². The van der Waals surface area contributed by atoms with Crippen molar-refractivity contribution in [3.8, 4) is 0 Å². The minimum atomic E-state index is -7.90. The van der Waals surface area contributed by atoms with Gasteiger partial charge in [-0.1, -0.05) is 57.8 Å². The van der Waals surface area contributed by atoms with Crippen molar-refractivity contribution in [3.63, 3.8) is 0 Å². The standard InChI is InChI=1S/C51H68F12N2O9/c1-29(13-14-30(2)67)34-17-18-35-33-16-15-31-26-32(19-23-44(31,3)36(33)20-24-45(34,35)4)73-39(69)12-10-8-6-5-7-9-11-22-46(52,53)48(56,57)50(60,61)51(62,63)49(58,59)47(54,55)28-72-41-40(70)37(27-66)74-42(41)65-25-21-38(68)64-43(65)71/h11,15,21-22,25,29,32-37,40-42,66,70H,5-10,12-14,16-20,23-24,26-28H2,1-4H3,(H,64,68,71)/b22-11-/t29?,32-,33?,34?,35?,36?,37?,40?,41?,42?,44?,45?/m0/s1. The average molecular weight is 1080 g/mol. The Kier molecular flexibility index (Phi) is 18.0. The molecule has 12 atom stereocenters. The fourth-order valence-corrected chi connectivity index (χ4v) is 13.0. The van der Waals surface area contributed by atoms with Crippen LogP contribution < -0.4 is 11.2 Å². The number of aromatic nitrogens is 2. The maximum absolute atomic E-state index is 14.8. The summed E-state index contributed by atoms with van der Waals surface area (Å²) < 4.78 is 192. The Morgan fingerprint density at radius 1 is 0.878 bits per heavy atom. The second-order valence-corrected chi connectivity index (χ2v) is 21.9. The molecule has 3 N–H and O–H groups in total. The third-order valence-electron chi connectivity index (χ3n) is 17.3. The van der Waals surface area contributed by atoms with Crippen molar-refractivity contribution in [2.75, 3.05) is 13.2 Å². The molecule has 23 heteroatoms. The quantitative estimate of drug-likeness (QED) is 0.0397. The summed E-state index contributed by atoms with van der Waals surface area (Å²) in [6.07, 6.45) is 3.99. The molecule has 11 nitrogen and oxygen atoms in total. The molecular weight excluding hydrogens is 1010 g/mol. The highest BCUT2D eigenvalue weighted by Crippen LogP contribution is 2.68. The van der Waals surface area contributed by atoms with Crippen molar-refractivity contribution in [2.24, 2.45) is 40.4 Å². The monoisotopic (exact) mass is 1080 g/mol. The zero-order valence-corrected chi connectivity index (χ0v) is 41.8. The number of Topliss-reactive ketones (excluding diaryl/α,β-unsaturated/α-hetero) is 1. The fraction of sp³-hybridized carbons (Fsp3) is 0.804. The van der Waals surface area contributed by atoms with Crippen molar-refractivity contribution in [1.29, 1.82) is 0 Å². The Labute approximate surface area is 420 Å². The van der Waals surface area contributed by atoms with Crippen LogP contribution >= 0.6 is 0 Å². The van der Waals surface area contributed by atoms with Crippen LogP contribution in [0.2, 0.25) is 0 Å². The van der Waals surface area contributed by atoms with Gasteiger partial charge in [0.25, 0.3) is 5.56 Å². The first-order valence-electron chi connectivity index (χ1n) is 25.5. The number of hydrogen-bond acceptors (Lipinski definition) is 9. The zero-order chi connectivity index (χ0) is 55.0. The number of esters is 1. The van der Waals surface area contributed by atoms with Crippen molar-refractivity contribution in [3.05, 3.63) is 56.9 Å². The molecule has 0 spiro atoms. The second-order valence-electron chi connectivity index (χ2n) is 21.9. The third kappa shape index (κ3) is 11.2. The maximum Gasteiger partial charge on any atom is 0.385 e. The number of aromatic amines is 1. The first-order chi connectivity index (χ1) is 34.3. The van der Waals surface area contributed by atoms with Crippen molar-refractivity contribution in [2.45, 2.75) is 203 Å². The molecule has 5 aliphatic rings. The number of hydrogen-bond donors (Lipinski definition) is 3. The summed E-state index contributed by atoms with van der Waals surface area (Å²) in [5.41, 5.74) is -0.763. The molecule has 0 radical (unpaired) electrons. The zero-order valence-electron chi connectivity index (χ0n) is 41.8. The van der Waals surface area contributed by atoms with Crippen LogP contribution in [0.25, 0.3) is 0 Å². The van der Waals surface area contributed by atoms with Crippen molar-refractivity contribution < 1.29 is 86.7 Å². The number of ketones is 1. The molecule has 4 aliphatic carbocycles. The summed E-state index contributed by atoms with van der Waals surface area (Å²) in [4.78, 5) is 49.8. The topological polar surface area (TPSA) is 157 Å². The van der Waals surface area contributed by atoms with Crippen LogP contribution in [0.4, 0.5) is 52.7 Å². The number of H-pyrrole nitrogens is 1. The van der Waals surface area contributed by atoms with Gasteiger partial charge in [0.2, 0.25) is 0 Å². The highest BCUT2D eigenvalue weighted by molar-refractivity contribution is 5.75. The Balaban J connectivity index is 0.929. The SMILES string of the molecule is CC(=O)CCC(C)C1CCC2C3CC=C4C[C@@H](OC(=O)CCCCCCC/C=C\C(F)(F)C(F)(F)C(F)(F)C(F)(F)C(F)(F)C(F)(F)COC5C(O)C(CO)OC5n5ccc(=O)[nH]c5=O)CCC4(C)C3CCC12C. The van der Waals surface area contributed by atoms with Crippen LogP contribution in [0, 0.1) is 40.4 Å². The van der Waals surface area contributed by atoms with E-state index in [0.717, 1.165) is 32.1 Å². The molecule has 1 aromatic heterocycles. The van der Waals surface area contributed by atoms with E-state index in [2.05, 4.69) is 31.6 Å². The maximum atomic E-state index is 14.8. The lowest BCUT2D eigenvalue weighted by molar-refractivity contribution is -0.423. The molecule has 4 fully saturated rings. The molecule has 1 aliphatic heterocycles. The van der Waals surface area contributed by atoms with E-state index in [-0.39, 0.29) is 54.0 Å². The average Bonchev–Trinajstić information content (AvgIpc) is 3.84. The number of alkyl halides is 12. The van der Waals surface area contributed by atoms with E-state index in [1.165, 1.54) is 24.8 Å². The van der Waals surface area contributed by atoms with Gasteiger partial charge in [0.05, 0.1) is 6.61 Å². The summed E-state index contributed by atoms with van der Waals surface area (Å²) in [5, 5.41) is 19.7. The highest BCUT2D eigenvalue weighted by Gasteiger charge is 2.89. The number of ether oxygens (including phenoxy) is 3. The Bertz CT molecular complexity index is 2320. The van der Waals surface area contributed by atoms with E-state index >= 15 is 0 Å². The summed E-state index contributed by atoms with van der Waals surface area (Å²) in [6.45, 7) is 4.57. The van der Waals surface area contributed by atoms with Crippen LogP contribution in [-0.4, -0.2) is 105 Å². The lowest BCUT2D eigenvalue weighted by atomic mass is 9.47. The summed E-state index contributed by atoms with van der Waals surface area (Å²) >= 11 is 0. The normalized spacial score (nSPS) is 31.4. The Morgan fingerprint density at radius 3 is 2.20 bits per heavy atom. The Hall–Kier alpha value is -3.70. The van der Waals surface area contributed by atoms with Gasteiger partial charge in [0.15, 0.2) is 6.23 Å². The van der Waals surface area contributed by atoms with Gasteiger partial charge >= 0.3 is 47.2 Å². The molecule has 6 rings (SSSR count). The molecule has 11 unspecified atom stereocenters. The van der Waals surface area contributed by atoms with Crippen LogP contribution in [0.15, 0.2) is 45.7 Å². The van der Waals surface area contributed by atoms with E-state index in [4.69, 9.17) is 9.47 Å². The fourth-order valence-electron chi connectivity index (χ4n) is 13.0. The number of allylic oxidation sites excluding steroid dienone is 3. The predicted molar refractivity (Wildman–Crippen MR) is 243 cm³/mol. The van der Waals surface area contributed by atoms with E-state index in [1.54, 1.807) is 11.9 Å². The van der Waals surface area contributed by atoms with Crippen LogP contribution in [0.1, 0.15) is 143 Å². The van der Waals surface area contributed by atoms with E-state index in [0.29, 0.717) is 78.5 Å². The smallest absolute Gasteiger partial charge is 0.385 e. The predicted octanol–water partition coefficient (Wildman–Crippen LogP) is 10.8. The molecule has 1 aromatic rings. The summed E-state index contributed by atoms with van der Waals surface area (Å²) in [7, 11) is 0. The van der Waals surface area contributed by atoms with Gasteiger partial charge in [-0.15, -0.1) is 0 Å². The number of nitrogens with zero attached hydrogens (tertiary/aromatic N) is 1. The largest absolute Gasteiger partial charge is 0.462 e. The minimum Gasteiger partial charge on any atom is -0.462 e. The number of carbonyl (C=O) groups is 2. The van der Waals surface area contributed by atoms with Crippen molar-refractivity contribution in [1.82, 2.24) is 9.55 Å². The number of carbonyl (C=O) groups excluding carboxylic acids is 2. The molecule has 0 amide bonds. The van der Waals surface area contributed by atoms with Crippen molar-refractivity contribution >= 4 is 11.8 Å². The Morgan fingerprint density at radius 2 is 1.54 bits per heavy atom. The number of fused-ring (bicyclic) bond motifs is 5. The molecule has 0 aromatic carbocycles. The number of nitrogens with one attached hydrogen (secondary N) is 1. The first-order valence-corrected chi connectivity index (χ1v) is 25.5. The van der Waals surface area contributed by atoms with Crippen LogP contribution in [0.5, 0.6) is 0 Å².